The van der Waals surface area contributed by atoms with E-state index >= 15 is 4.39 Å². The van der Waals surface area contributed by atoms with E-state index in [1.807, 2.05) is 78.9 Å². The second-order valence-corrected chi connectivity index (χ2v) is 15.9. The summed E-state index contributed by atoms with van der Waals surface area (Å²) in [6.07, 6.45) is 0. The minimum atomic E-state index is -0.654. The van der Waals surface area contributed by atoms with E-state index in [1.165, 1.54) is 34.4 Å². The summed E-state index contributed by atoms with van der Waals surface area (Å²) >= 11 is 0. The number of benzene rings is 8. The average molecular weight is 795 g/mol. The fourth-order valence-electron chi connectivity index (χ4n) is 8.65. The van der Waals surface area contributed by atoms with Gasteiger partial charge in [0.05, 0.1) is 16.7 Å². The molecular weight excluding hydrogens is 755 g/mol. The van der Waals surface area contributed by atoms with Gasteiger partial charge in [0.25, 0.3) is 0 Å². The Kier molecular flexibility index (Phi) is 9.41. The van der Waals surface area contributed by atoms with Crippen molar-refractivity contribution in [3.05, 3.63) is 204 Å². The molecule has 6 heteroatoms. The van der Waals surface area contributed by atoms with Crippen LogP contribution in [0, 0.1) is 39.3 Å². The van der Waals surface area contributed by atoms with Gasteiger partial charge in [-0.15, -0.1) is 0 Å². The number of aromatic nitrogens is 4. The lowest BCUT2D eigenvalue weighted by Gasteiger charge is -2.17. The SMILES string of the molecule is Cc1cc(C)cc(-c2ccc3c(c2)c2cc(-c4cc(C)cc(C)c4)ccc2n3-c2ccc(-c3ccc(F)cc3F)cc2-c2nc(-c3ccccc3)nc(-c3ccccc3)n2)c1. The van der Waals surface area contributed by atoms with Gasteiger partial charge in [-0.2, -0.15) is 0 Å². The smallest absolute Gasteiger partial charge is 0.166 e. The summed E-state index contributed by atoms with van der Waals surface area (Å²) in [5.74, 6) is 0.139. The fourth-order valence-corrected chi connectivity index (χ4v) is 8.65. The molecule has 10 aromatic rings. The molecule has 0 unspecified atom stereocenters. The number of hydrogen-bond acceptors (Lipinski definition) is 3. The van der Waals surface area contributed by atoms with Crippen LogP contribution in [-0.4, -0.2) is 19.5 Å². The zero-order valence-electron chi connectivity index (χ0n) is 34.2. The normalized spacial score (nSPS) is 11.4. The third-order valence-electron chi connectivity index (χ3n) is 11.3. The van der Waals surface area contributed by atoms with Crippen LogP contribution in [0.25, 0.3) is 95.0 Å². The zero-order valence-corrected chi connectivity index (χ0v) is 34.2. The van der Waals surface area contributed by atoms with Gasteiger partial charge in [0.2, 0.25) is 0 Å². The summed E-state index contributed by atoms with van der Waals surface area (Å²) in [4.78, 5) is 15.3. The largest absolute Gasteiger partial charge is 0.308 e. The van der Waals surface area contributed by atoms with Crippen LogP contribution in [0.2, 0.25) is 0 Å². The number of nitrogens with zero attached hydrogens (tertiary/aromatic N) is 4. The molecule has 0 saturated heterocycles. The van der Waals surface area contributed by atoms with Crippen molar-refractivity contribution >= 4 is 21.8 Å². The Balaban J connectivity index is 1.28. The molecule has 2 aromatic heterocycles. The molecule has 10 rings (SSSR count). The molecule has 0 aliphatic rings. The summed E-state index contributed by atoms with van der Waals surface area (Å²) in [6, 6.07) is 55.8. The minimum absolute atomic E-state index is 0.272. The molecule has 0 amide bonds. The molecule has 0 N–H and O–H groups in total. The summed E-state index contributed by atoms with van der Waals surface area (Å²) in [5.41, 5.74) is 15.3. The number of aryl methyl sites for hydroxylation is 4. The highest BCUT2D eigenvalue weighted by Crippen LogP contribution is 2.41. The van der Waals surface area contributed by atoms with E-state index in [0.29, 0.717) is 28.6 Å². The van der Waals surface area contributed by atoms with Gasteiger partial charge in [-0.3, -0.25) is 0 Å². The van der Waals surface area contributed by atoms with E-state index in [-0.39, 0.29) is 5.56 Å². The maximum absolute atomic E-state index is 15.6. The average Bonchev–Trinajstić information content (AvgIpc) is 3.59. The van der Waals surface area contributed by atoms with Crippen LogP contribution >= 0.6 is 0 Å². The highest BCUT2D eigenvalue weighted by molar-refractivity contribution is 6.12. The highest BCUT2D eigenvalue weighted by atomic mass is 19.1. The molecule has 0 fully saturated rings. The number of rotatable bonds is 7. The first kappa shape index (κ1) is 37.7. The molecule has 2 heterocycles. The molecule has 0 aliphatic carbocycles. The van der Waals surface area contributed by atoms with Crippen LogP contribution in [0.3, 0.4) is 0 Å². The highest BCUT2D eigenvalue weighted by Gasteiger charge is 2.22. The van der Waals surface area contributed by atoms with Gasteiger partial charge in [0.15, 0.2) is 17.5 Å². The summed E-state index contributed by atoms with van der Waals surface area (Å²) in [6.45, 7) is 8.53. The maximum atomic E-state index is 15.6. The molecule has 8 aromatic carbocycles. The van der Waals surface area contributed by atoms with E-state index < -0.39 is 11.6 Å². The lowest BCUT2D eigenvalue weighted by atomic mass is 9.97. The molecule has 294 valence electrons. The van der Waals surface area contributed by atoms with Crippen molar-refractivity contribution in [3.8, 4) is 73.2 Å². The first-order valence-electron chi connectivity index (χ1n) is 20.4. The Labute approximate surface area is 353 Å². The van der Waals surface area contributed by atoms with Gasteiger partial charge in [-0.25, -0.2) is 23.7 Å². The van der Waals surface area contributed by atoms with Crippen LogP contribution in [0.4, 0.5) is 8.78 Å². The predicted octanol–water partition coefficient (Wildman–Crippen LogP) is 14.5. The monoisotopic (exact) mass is 794 g/mol. The molecule has 0 saturated carbocycles. The van der Waals surface area contributed by atoms with Crippen molar-refractivity contribution in [2.45, 2.75) is 27.7 Å². The number of hydrogen-bond donors (Lipinski definition) is 0. The molecule has 0 atom stereocenters. The van der Waals surface area contributed by atoms with Gasteiger partial charge in [-0.1, -0.05) is 138 Å². The number of halogens is 2. The van der Waals surface area contributed by atoms with Crippen molar-refractivity contribution in [1.82, 2.24) is 19.5 Å². The summed E-state index contributed by atoms with van der Waals surface area (Å²) in [7, 11) is 0. The lowest BCUT2D eigenvalue weighted by molar-refractivity contribution is 0.585. The number of fused-ring (bicyclic) bond motifs is 3. The van der Waals surface area contributed by atoms with Crippen LogP contribution in [0.15, 0.2) is 170 Å². The fraction of sp³-hybridized carbons (Fsp3) is 0.0727. The molecule has 0 bridgehead atoms. The third kappa shape index (κ3) is 7.16. The summed E-state index contributed by atoms with van der Waals surface area (Å²) < 4.78 is 32.1. The summed E-state index contributed by atoms with van der Waals surface area (Å²) in [5, 5.41) is 2.17. The van der Waals surface area contributed by atoms with Crippen LogP contribution in [-0.2, 0) is 0 Å². The van der Waals surface area contributed by atoms with Crippen LogP contribution < -0.4 is 0 Å². The predicted molar refractivity (Wildman–Crippen MR) is 246 cm³/mol. The van der Waals surface area contributed by atoms with Crippen LogP contribution in [0.1, 0.15) is 22.3 Å². The first-order valence-corrected chi connectivity index (χ1v) is 20.4. The van der Waals surface area contributed by atoms with Gasteiger partial charge < -0.3 is 4.57 Å². The van der Waals surface area contributed by atoms with Gasteiger partial charge >= 0.3 is 0 Å². The first-order chi connectivity index (χ1) is 29.6. The Bertz CT molecular complexity index is 3110. The van der Waals surface area contributed by atoms with Crippen molar-refractivity contribution in [1.29, 1.82) is 0 Å². The minimum Gasteiger partial charge on any atom is -0.308 e. The second-order valence-electron chi connectivity index (χ2n) is 15.9. The van der Waals surface area contributed by atoms with Crippen molar-refractivity contribution in [2.75, 3.05) is 0 Å². The van der Waals surface area contributed by atoms with Crippen molar-refractivity contribution < 1.29 is 8.78 Å². The Hall–Kier alpha value is -7.57. The molecular formula is C55H40F2N4. The van der Waals surface area contributed by atoms with E-state index in [9.17, 15) is 4.39 Å². The van der Waals surface area contributed by atoms with Gasteiger partial charge in [-0.05, 0) is 104 Å². The zero-order chi connectivity index (χ0) is 41.8. The molecule has 61 heavy (non-hydrogen) atoms. The van der Waals surface area contributed by atoms with Crippen molar-refractivity contribution in [3.63, 3.8) is 0 Å². The third-order valence-corrected chi connectivity index (χ3v) is 11.3. The van der Waals surface area contributed by atoms with E-state index in [0.717, 1.165) is 66.9 Å². The molecule has 0 aliphatic heterocycles. The van der Waals surface area contributed by atoms with Gasteiger partial charge in [0.1, 0.15) is 11.6 Å². The van der Waals surface area contributed by atoms with Gasteiger partial charge in [0, 0.05) is 39.1 Å². The van der Waals surface area contributed by atoms with Crippen molar-refractivity contribution in [2.24, 2.45) is 0 Å². The van der Waals surface area contributed by atoms with E-state index in [2.05, 4.69) is 105 Å². The van der Waals surface area contributed by atoms with E-state index in [1.54, 1.807) is 0 Å². The van der Waals surface area contributed by atoms with E-state index in [4.69, 9.17) is 15.0 Å². The molecule has 4 nitrogen and oxygen atoms in total. The van der Waals surface area contributed by atoms with Crippen LogP contribution in [0.5, 0.6) is 0 Å². The molecule has 0 spiro atoms. The lowest BCUT2D eigenvalue weighted by Crippen LogP contribution is -2.04. The Morgan fingerprint density at radius 3 is 1.33 bits per heavy atom. The standard InChI is InChI=1S/C55H40F2N4/c1-33-23-34(2)26-42(25-33)39-15-20-50-46(29-39)47-30-40(43-27-35(3)24-36(4)28-43)16-21-51(47)61(50)52-22-17-41(45-19-18-44(56)32-49(45)57)31-48(52)55-59-53(37-11-7-5-8-12-37)58-54(60-55)38-13-9-6-10-14-38/h5-32H,1-4H3. The Morgan fingerprint density at radius 2 is 0.836 bits per heavy atom. The second kappa shape index (κ2) is 15.2. The maximum Gasteiger partial charge on any atom is 0.166 e. The Morgan fingerprint density at radius 1 is 0.361 bits per heavy atom. The quantitative estimate of drug-likeness (QED) is 0.161. The molecule has 0 radical (unpaired) electrons. The topological polar surface area (TPSA) is 43.6 Å².